The van der Waals surface area contributed by atoms with Gasteiger partial charge in [-0.1, -0.05) is 12.1 Å². The van der Waals surface area contributed by atoms with Crippen LogP contribution in [0.1, 0.15) is 31.9 Å². The highest BCUT2D eigenvalue weighted by Gasteiger charge is 2.09. The van der Waals surface area contributed by atoms with Gasteiger partial charge in [-0.3, -0.25) is 0 Å². The summed E-state index contributed by atoms with van der Waals surface area (Å²) >= 11 is 0. The Labute approximate surface area is 121 Å². The van der Waals surface area contributed by atoms with Gasteiger partial charge in [0, 0.05) is 24.3 Å². The van der Waals surface area contributed by atoms with E-state index in [1.54, 1.807) is 6.20 Å². The van der Waals surface area contributed by atoms with Crippen molar-refractivity contribution in [1.29, 1.82) is 0 Å². The van der Waals surface area contributed by atoms with Crippen molar-refractivity contribution >= 4 is 0 Å². The molecule has 2 aromatic rings. The highest BCUT2D eigenvalue weighted by Crippen LogP contribution is 2.21. The highest BCUT2D eigenvalue weighted by atomic mass is 16.5. The molecule has 106 valence electrons. The first-order valence-corrected chi connectivity index (χ1v) is 6.87. The second-order valence-electron chi connectivity index (χ2n) is 6.02. The van der Waals surface area contributed by atoms with E-state index in [0.717, 1.165) is 17.9 Å². The summed E-state index contributed by atoms with van der Waals surface area (Å²) in [4.78, 5) is 4.26. The first kappa shape index (κ1) is 14.5. The lowest BCUT2D eigenvalue weighted by molar-refractivity contribution is 0.421. The van der Waals surface area contributed by atoms with Gasteiger partial charge >= 0.3 is 0 Å². The van der Waals surface area contributed by atoms with Crippen LogP contribution in [0.15, 0.2) is 42.6 Å². The summed E-state index contributed by atoms with van der Waals surface area (Å²) in [5, 5.41) is 3.46. The fraction of sp³-hybridized carbons (Fsp3) is 0.353. The second-order valence-corrected chi connectivity index (χ2v) is 6.02. The fourth-order valence-corrected chi connectivity index (χ4v) is 1.78. The van der Waals surface area contributed by atoms with Gasteiger partial charge in [0.1, 0.15) is 5.75 Å². The van der Waals surface area contributed by atoms with E-state index >= 15 is 0 Å². The minimum absolute atomic E-state index is 0.0980. The first-order chi connectivity index (χ1) is 9.42. The number of aromatic nitrogens is 1. The van der Waals surface area contributed by atoms with Crippen molar-refractivity contribution in [1.82, 2.24) is 10.3 Å². The number of hydrogen-bond acceptors (Lipinski definition) is 3. The summed E-state index contributed by atoms with van der Waals surface area (Å²) in [6, 6.07) is 11.9. The van der Waals surface area contributed by atoms with Gasteiger partial charge in [0.2, 0.25) is 5.88 Å². The third kappa shape index (κ3) is 4.67. The van der Waals surface area contributed by atoms with E-state index in [1.165, 1.54) is 5.56 Å². The molecule has 2 rings (SSSR count). The average molecular weight is 270 g/mol. The third-order valence-corrected chi connectivity index (χ3v) is 2.83. The molecule has 0 aliphatic heterocycles. The number of hydrogen-bond donors (Lipinski definition) is 1. The SMILES string of the molecule is Cc1cccc(Oc2cc(CNC(C)(C)C)ccn2)c1. The van der Waals surface area contributed by atoms with Crippen LogP contribution >= 0.6 is 0 Å². The van der Waals surface area contributed by atoms with Crippen molar-refractivity contribution in [3.63, 3.8) is 0 Å². The minimum atomic E-state index is 0.0980. The predicted octanol–water partition coefficient (Wildman–Crippen LogP) is 4.07. The van der Waals surface area contributed by atoms with Crippen LogP contribution in [0.5, 0.6) is 11.6 Å². The maximum absolute atomic E-state index is 5.79. The van der Waals surface area contributed by atoms with E-state index in [0.29, 0.717) is 5.88 Å². The van der Waals surface area contributed by atoms with Gasteiger partial charge in [0.25, 0.3) is 0 Å². The molecule has 1 N–H and O–H groups in total. The van der Waals surface area contributed by atoms with Crippen molar-refractivity contribution < 1.29 is 4.74 Å². The summed E-state index contributed by atoms with van der Waals surface area (Å²) < 4.78 is 5.79. The normalized spacial score (nSPS) is 11.4. The van der Waals surface area contributed by atoms with Crippen molar-refractivity contribution in [3.8, 4) is 11.6 Å². The molecule has 0 saturated carbocycles. The van der Waals surface area contributed by atoms with Gasteiger partial charge in [-0.15, -0.1) is 0 Å². The largest absolute Gasteiger partial charge is 0.439 e. The summed E-state index contributed by atoms with van der Waals surface area (Å²) in [5.41, 5.74) is 2.44. The van der Waals surface area contributed by atoms with Gasteiger partial charge in [-0.05, 0) is 57.0 Å². The zero-order valence-corrected chi connectivity index (χ0v) is 12.6. The minimum Gasteiger partial charge on any atom is -0.439 e. The smallest absolute Gasteiger partial charge is 0.219 e. The zero-order valence-electron chi connectivity index (χ0n) is 12.6. The Morgan fingerprint density at radius 2 is 1.95 bits per heavy atom. The van der Waals surface area contributed by atoms with Gasteiger partial charge in [0.05, 0.1) is 0 Å². The van der Waals surface area contributed by atoms with Gasteiger partial charge < -0.3 is 10.1 Å². The molecule has 0 aliphatic rings. The predicted molar refractivity (Wildman–Crippen MR) is 82.1 cm³/mol. The Bertz CT molecular complexity index is 573. The lowest BCUT2D eigenvalue weighted by Crippen LogP contribution is -2.35. The average Bonchev–Trinajstić information content (AvgIpc) is 2.36. The summed E-state index contributed by atoms with van der Waals surface area (Å²) in [5.74, 6) is 1.45. The van der Waals surface area contributed by atoms with Crippen LogP contribution in [-0.2, 0) is 6.54 Å². The molecule has 0 unspecified atom stereocenters. The van der Waals surface area contributed by atoms with Crippen molar-refractivity contribution in [3.05, 3.63) is 53.7 Å². The van der Waals surface area contributed by atoms with E-state index in [2.05, 4.69) is 31.1 Å². The third-order valence-electron chi connectivity index (χ3n) is 2.83. The molecule has 1 heterocycles. The fourth-order valence-electron chi connectivity index (χ4n) is 1.78. The Kier molecular flexibility index (Phi) is 4.40. The number of pyridine rings is 1. The Morgan fingerprint density at radius 3 is 2.65 bits per heavy atom. The number of aryl methyl sites for hydroxylation is 1. The maximum atomic E-state index is 5.79. The van der Waals surface area contributed by atoms with E-state index in [1.807, 2.05) is 43.3 Å². The van der Waals surface area contributed by atoms with E-state index in [9.17, 15) is 0 Å². The molecule has 0 atom stereocenters. The quantitative estimate of drug-likeness (QED) is 0.909. The van der Waals surface area contributed by atoms with Crippen molar-refractivity contribution in [2.24, 2.45) is 0 Å². The van der Waals surface area contributed by atoms with Crippen LogP contribution in [0, 0.1) is 6.92 Å². The number of nitrogens with zero attached hydrogens (tertiary/aromatic N) is 1. The van der Waals surface area contributed by atoms with Gasteiger partial charge in [-0.2, -0.15) is 0 Å². The first-order valence-electron chi connectivity index (χ1n) is 6.87. The number of nitrogens with one attached hydrogen (secondary N) is 1. The topological polar surface area (TPSA) is 34.1 Å². The second kappa shape index (κ2) is 6.06. The molecule has 0 aliphatic carbocycles. The molecule has 0 radical (unpaired) electrons. The Morgan fingerprint density at radius 1 is 1.15 bits per heavy atom. The molecular formula is C17H22N2O. The lowest BCUT2D eigenvalue weighted by atomic mass is 10.1. The number of benzene rings is 1. The number of rotatable bonds is 4. The zero-order chi connectivity index (χ0) is 14.6. The molecular weight excluding hydrogens is 248 g/mol. The monoisotopic (exact) mass is 270 g/mol. The standard InChI is InChI=1S/C17H22N2O/c1-13-6-5-7-15(10-13)20-16-11-14(8-9-18-16)12-19-17(2,3)4/h5-11,19H,12H2,1-4H3. The van der Waals surface area contributed by atoms with Crippen LogP contribution in [0.3, 0.4) is 0 Å². The van der Waals surface area contributed by atoms with Crippen LogP contribution < -0.4 is 10.1 Å². The van der Waals surface area contributed by atoms with E-state index in [-0.39, 0.29) is 5.54 Å². The van der Waals surface area contributed by atoms with Crippen LogP contribution in [0.4, 0.5) is 0 Å². The molecule has 0 amide bonds. The van der Waals surface area contributed by atoms with Gasteiger partial charge in [-0.25, -0.2) is 4.98 Å². The van der Waals surface area contributed by atoms with E-state index in [4.69, 9.17) is 4.74 Å². The molecule has 20 heavy (non-hydrogen) atoms. The van der Waals surface area contributed by atoms with Crippen LogP contribution in [-0.4, -0.2) is 10.5 Å². The highest BCUT2D eigenvalue weighted by molar-refractivity contribution is 5.32. The lowest BCUT2D eigenvalue weighted by Gasteiger charge is -2.20. The Balaban J connectivity index is 2.06. The molecule has 3 nitrogen and oxygen atoms in total. The molecule has 0 fully saturated rings. The summed E-state index contributed by atoms with van der Waals surface area (Å²) in [6.45, 7) is 9.30. The maximum Gasteiger partial charge on any atom is 0.219 e. The van der Waals surface area contributed by atoms with Crippen molar-refractivity contribution in [2.75, 3.05) is 0 Å². The van der Waals surface area contributed by atoms with Crippen molar-refractivity contribution in [2.45, 2.75) is 39.8 Å². The molecule has 0 saturated heterocycles. The van der Waals surface area contributed by atoms with E-state index < -0.39 is 0 Å². The molecule has 1 aromatic heterocycles. The molecule has 0 bridgehead atoms. The summed E-state index contributed by atoms with van der Waals surface area (Å²) in [7, 11) is 0. The molecule has 3 heteroatoms. The molecule has 1 aromatic carbocycles. The molecule has 0 spiro atoms. The van der Waals surface area contributed by atoms with Crippen LogP contribution in [0.2, 0.25) is 0 Å². The Hall–Kier alpha value is -1.87. The van der Waals surface area contributed by atoms with Gasteiger partial charge in [0.15, 0.2) is 0 Å². The number of ether oxygens (including phenoxy) is 1. The summed E-state index contributed by atoms with van der Waals surface area (Å²) in [6.07, 6.45) is 1.78. The van der Waals surface area contributed by atoms with Crippen LogP contribution in [0.25, 0.3) is 0 Å².